The van der Waals surface area contributed by atoms with Crippen molar-refractivity contribution in [2.45, 2.75) is 0 Å². The van der Waals surface area contributed by atoms with E-state index in [9.17, 15) is 0 Å². The van der Waals surface area contributed by atoms with E-state index in [1.165, 1.54) is 0 Å². The van der Waals surface area contributed by atoms with Crippen LogP contribution in [-0.4, -0.2) is 0 Å². The summed E-state index contributed by atoms with van der Waals surface area (Å²) in [5.41, 5.74) is 0. The standard InChI is InChI=1S/H120P118.V/c1-60-91(62(2)3)108(94(63(4)5)64(6)7)109(95(65(8)9)66(10)11)92(110(113(96(67(12)13)68(14)15)97(69(16)17)70(18)19)114(98(71(20)21)72(22)23)99(73(24)25)74(26)27)61-93(111(115(100(75(28)29)76(30)31)101(77(32)33)78(34)35)116(102(79(36)37)80(38)39)103(81(40)41)82(42)43)112(117(104(83(44)45)84(46)47)105(85(48)49)86(50)51)118(106(87(52)53)88(54)55)107(89(56)57)90(58)59;/h60-61H,1-59H2;. The molecule has 119 heteroatoms. The fourth-order valence-corrected chi connectivity index (χ4v) is 1760. The van der Waals surface area contributed by atoms with Gasteiger partial charge in [-0.3, -0.25) is 0 Å². The third-order valence-corrected chi connectivity index (χ3v) is 851. The molecule has 0 fully saturated rings. The average Bonchev–Trinajstić information content (AvgIpc) is 0.720. The maximum Gasteiger partial charge on any atom is 0 e. The topological polar surface area (TPSA) is 0 Å². The first kappa shape index (κ1) is 172. The van der Waals surface area contributed by atoms with Gasteiger partial charge in [0.2, 0.25) is 0 Å². The van der Waals surface area contributed by atoms with Crippen molar-refractivity contribution in [1.82, 2.24) is 0 Å². The predicted octanol–water partition coefficient (Wildman–Crippen LogP) is 69.5. The molecular weight excluding hydrogens is 3710 g/mol. The van der Waals surface area contributed by atoms with Gasteiger partial charge >= 0.3 is 0 Å². The first-order chi connectivity index (χ1) is 53.8. The zero-order chi connectivity index (χ0) is 93.3. The fraction of sp³-hybridized carbons (Fsp3) is 0. The Hall–Kier alpha value is 51.3. The monoisotopic (exact) mass is 3830 g/mol. The molecule has 0 aliphatic carbocycles. The second-order valence-corrected chi connectivity index (χ2v) is 508. The van der Waals surface area contributed by atoms with Crippen LogP contribution in [0.1, 0.15) is 0 Å². The van der Waals surface area contributed by atoms with Gasteiger partial charge in [-0.15, -0.1) is 527 Å². The molecule has 0 nitrogen and oxygen atoms in total. The van der Waals surface area contributed by atoms with Crippen LogP contribution in [0.25, 0.3) is 0 Å². The van der Waals surface area contributed by atoms with Crippen molar-refractivity contribution in [1.29, 1.82) is 0 Å². The van der Waals surface area contributed by atoms with Crippen molar-refractivity contribution in [3.63, 3.8) is 0 Å². The molecule has 65 unspecified atom stereocenters. The summed E-state index contributed by atoms with van der Waals surface area (Å²) < 4.78 is 0. The second kappa shape index (κ2) is 95.3. The van der Waals surface area contributed by atoms with E-state index in [-0.39, 0.29) is 25.5 Å². The van der Waals surface area contributed by atoms with Gasteiger partial charge in [0, 0.05) is 18.6 Å². The van der Waals surface area contributed by atoms with Crippen molar-refractivity contribution in [2.24, 2.45) is 0 Å². The zero-order valence-corrected chi connectivity index (χ0v) is 184. The summed E-state index contributed by atoms with van der Waals surface area (Å²) >= 11 is 0. The molecular formula is H120P118V. The van der Waals surface area contributed by atoms with Crippen LogP contribution < -0.4 is 0 Å². The molecule has 0 aromatic carbocycles. The van der Waals surface area contributed by atoms with Gasteiger partial charge in [-0.25, -0.2) is 0 Å². The van der Waals surface area contributed by atoms with Crippen LogP contribution in [0.4, 0.5) is 0 Å². The van der Waals surface area contributed by atoms with E-state index in [0.717, 1.165) is 15.9 Å². The summed E-state index contributed by atoms with van der Waals surface area (Å²) in [7, 11) is 229. The van der Waals surface area contributed by atoms with E-state index >= 15 is 0 Å². The Labute approximate surface area is 943 Å². The molecule has 0 saturated carbocycles. The fourth-order valence-electron chi connectivity index (χ4n) is 7.25. The Kier molecular flexibility index (Phi) is 138. The molecule has 0 bridgehead atoms. The van der Waals surface area contributed by atoms with E-state index in [2.05, 4.69) is 527 Å². The first-order valence-corrected chi connectivity index (χ1v) is 242. The molecule has 715 valence electrons. The molecule has 0 amide bonds. The largest absolute Gasteiger partial charge is 0.109 e. The van der Waals surface area contributed by atoms with Crippen LogP contribution in [0, 0.1) is 0 Å². The Bertz CT molecular complexity index is 2070. The summed E-state index contributed by atoms with van der Waals surface area (Å²) in [5, 5.41) is 0. The third kappa shape index (κ3) is 61.6. The predicted molar refractivity (Wildman–Crippen MR) is 984 cm³/mol. The molecule has 0 aliphatic heterocycles. The van der Waals surface area contributed by atoms with Crippen LogP contribution >= 0.6 is 941 Å². The van der Waals surface area contributed by atoms with Gasteiger partial charge in [0.1, 0.15) is 0 Å². The summed E-state index contributed by atoms with van der Waals surface area (Å²) in [6.45, 7) is -27.1. The van der Waals surface area contributed by atoms with E-state index in [0.29, 0.717) is 0 Å². The number of hydrogen-bond donors (Lipinski definition) is 0. The van der Waals surface area contributed by atoms with E-state index < -0.39 is 391 Å². The molecule has 0 N–H and O–H groups in total. The van der Waals surface area contributed by atoms with E-state index in [1.54, 1.807) is 0 Å². The number of rotatable bonds is 58. The molecule has 0 spiro atoms. The molecule has 0 heterocycles. The molecule has 0 aromatic rings. The van der Waals surface area contributed by atoms with E-state index in [1.807, 2.05) is 0 Å². The first-order valence-electron chi connectivity index (χ1n) is 26.9. The third-order valence-electron chi connectivity index (χ3n) is 10.5. The Morgan fingerprint density at radius 3 is 0.244 bits per heavy atom. The van der Waals surface area contributed by atoms with Crippen LogP contribution in [-0.2, 0) is 18.6 Å². The van der Waals surface area contributed by atoms with Gasteiger partial charge in [-0.1, -0.05) is 7.96 Å². The van der Waals surface area contributed by atoms with Crippen molar-refractivity contribution in [3.8, 4) is 0 Å². The van der Waals surface area contributed by atoms with Gasteiger partial charge in [-0.05, 0) is 406 Å². The van der Waals surface area contributed by atoms with Gasteiger partial charge in [0.05, 0.1) is 0 Å². The van der Waals surface area contributed by atoms with Gasteiger partial charge in [-0.2, -0.15) is 0 Å². The molecule has 0 aromatic heterocycles. The van der Waals surface area contributed by atoms with E-state index in [4.69, 9.17) is 0 Å². The van der Waals surface area contributed by atoms with Crippen molar-refractivity contribution in [2.75, 3.05) is 0 Å². The summed E-state index contributed by atoms with van der Waals surface area (Å²) in [4.78, 5) is 0. The van der Waals surface area contributed by atoms with Crippen molar-refractivity contribution < 1.29 is 18.6 Å². The Morgan fingerprint density at radius 2 is 0.168 bits per heavy atom. The Balaban J connectivity index is 0. The van der Waals surface area contributed by atoms with Gasteiger partial charge < -0.3 is 0 Å². The smallest absolute Gasteiger partial charge is 0 e. The van der Waals surface area contributed by atoms with Crippen LogP contribution in [0.3, 0.4) is 0 Å². The van der Waals surface area contributed by atoms with Crippen LogP contribution in [0.2, 0.25) is 0 Å². The molecule has 119 heavy (non-hydrogen) atoms. The molecule has 0 saturated heterocycles. The number of hydrogen-bond acceptors (Lipinski definition) is 0. The summed E-state index contributed by atoms with van der Waals surface area (Å²) in [6, 6.07) is 0. The SMILES string of the molecule is PPP(P(P)P)P(P(P(P)P)P(P)P)P(P(PP(P(P(P(P(P)P)P(P)P)P(P(P)P)P(P)P)P(P(P(P)P)P(P)P)P(P(P)P)P(P)P)P(P(P(P(P)P)P(P)P)P(P(P)P)P(P)P)P(P(P(P)P)P(P)P)P(P(P)P)P(P)P)P(P(P(P(P)P)P(P)P)P(P(P)P)P(P)P)P(P(P(P)P)P(P)P)P(P(P)P)P(P)P)P(P(P)P)P(P)P.[V]. The average molecular weight is 3830 g/mol. The minimum Gasteiger partial charge on any atom is -0.109 e. The minimum atomic E-state index is -0.686. The minimum absolute atomic E-state index is 0. The van der Waals surface area contributed by atoms with Crippen molar-refractivity contribution >= 4 is 941 Å². The normalized spacial score (nSPS) is 15.7. The molecule has 0 rings (SSSR count). The van der Waals surface area contributed by atoms with Gasteiger partial charge in [0.15, 0.2) is 0 Å². The van der Waals surface area contributed by atoms with Gasteiger partial charge in [0.25, 0.3) is 0 Å². The van der Waals surface area contributed by atoms with Crippen molar-refractivity contribution in [3.05, 3.63) is 0 Å². The zero-order valence-electron chi connectivity index (χ0n) is 61.0. The molecule has 0 aliphatic rings. The maximum atomic E-state index is 3.92. The second-order valence-electron chi connectivity index (χ2n) is 18.8. The van der Waals surface area contributed by atoms with Crippen LogP contribution in [0.15, 0.2) is 0 Å². The quantitative estimate of drug-likeness (QED) is 0.0533. The Morgan fingerprint density at radius 1 is 0.0924 bits per heavy atom. The molecule has 1 radical (unpaired) electrons. The van der Waals surface area contributed by atoms with Crippen LogP contribution in [0.5, 0.6) is 0 Å². The maximum absolute atomic E-state index is 3.92. The molecule has 65 atom stereocenters. The summed E-state index contributed by atoms with van der Waals surface area (Å²) in [5.74, 6) is 0. The summed E-state index contributed by atoms with van der Waals surface area (Å²) in [6.07, 6.45) is 0.